The first-order valence-corrected chi connectivity index (χ1v) is 11.5. The Morgan fingerprint density at radius 3 is 2.49 bits per heavy atom. The van der Waals surface area contributed by atoms with E-state index >= 15 is 0 Å². The Morgan fingerprint density at radius 1 is 1.17 bits per heavy atom. The molecule has 1 aromatic heterocycles. The van der Waals surface area contributed by atoms with Gasteiger partial charge in [-0.15, -0.1) is 0 Å². The van der Waals surface area contributed by atoms with E-state index in [2.05, 4.69) is 4.99 Å². The summed E-state index contributed by atoms with van der Waals surface area (Å²) in [5.41, 5.74) is 1.49. The van der Waals surface area contributed by atoms with E-state index in [9.17, 15) is 23.9 Å². The molecule has 1 aliphatic rings. The second-order valence-electron chi connectivity index (χ2n) is 7.58. The first-order valence-electron chi connectivity index (χ1n) is 10.7. The van der Waals surface area contributed by atoms with Crippen LogP contribution in [0.25, 0.3) is 6.08 Å². The highest BCUT2D eigenvalue weighted by Crippen LogP contribution is 2.30. The van der Waals surface area contributed by atoms with Crippen LogP contribution >= 0.6 is 11.3 Å². The third-order valence-corrected chi connectivity index (χ3v) is 6.22. The highest BCUT2D eigenvalue weighted by atomic mass is 32.1. The van der Waals surface area contributed by atoms with Crippen LogP contribution in [0.5, 0.6) is 5.75 Å². The summed E-state index contributed by atoms with van der Waals surface area (Å²) < 4.78 is 25.7. The number of halogens is 1. The zero-order chi connectivity index (χ0) is 25.1. The van der Waals surface area contributed by atoms with Gasteiger partial charge in [-0.3, -0.25) is 9.36 Å². The summed E-state index contributed by atoms with van der Waals surface area (Å²) >= 11 is 1.16. The molecule has 10 heteroatoms. The van der Waals surface area contributed by atoms with Crippen LogP contribution in [-0.4, -0.2) is 29.7 Å². The summed E-state index contributed by atoms with van der Waals surface area (Å²) in [7, 11) is 0. The summed E-state index contributed by atoms with van der Waals surface area (Å²) in [5, 5.41) is 10.5. The average Bonchev–Trinajstić information content (AvgIpc) is 3.12. The largest absolute Gasteiger partial charge is 0.546 e. The molecule has 180 valence electrons. The Kier molecular flexibility index (Phi) is 6.92. The van der Waals surface area contributed by atoms with Crippen molar-refractivity contribution in [2.24, 2.45) is 4.99 Å². The fourth-order valence-electron chi connectivity index (χ4n) is 3.71. The van der Waals surface area contributed by atoms with Crippen molar-refractivity contribution in [3.8, 4) is 5.75 Å². The van der Waals surface area contributed by atoms with Crippen LogP contribution in [0.15, 0.2) is 69.6 Å². The summed E-state index contributed by atoms with van der Waals surface area (Å²) in [6.07, 6.45) is 1.66. The molecule has 0 fully saturated rings. The van der Waals surface area contributed by atoms with Crippen molar-refractivity contribution in [1.29, 1.82) is 0 Å². The maximum Gasteiger partial charge on any atom is 0.338 e. The number of esters is 1. The van der Waals surface area contributed by atoms with Gasteiger partial charge >= 0.3 is 5.97 Å². The molecule has 2 aromatic carbocycles. The third kappa shape index (κ3) is 5.07. The monoisotopic (exact) mass is 495 g/mol. The molecule has 2 heterocycles. The van der Waals surface area contributed by atoms with Crippen LogP contribution in [0.2, 0.25) is 0 Å². The molecular formula is C25H20FN2O6S-. The number of ether oxygens (including phenoxy) is 2. The van der Waals surface area contributed by atoms with Gasteiger partial charge in [-0.1, -0.05) is 35.6 Å². The number of carbonyl (C=O) groups excluding carboxylic acids is 2. The SMILES string of the molecule is CCOC(=O)C1=C(C)N=c2s/c(=C/c3ccc(OCC(=O)[O-])cc3)c(=O)n2[C@H]1c1ccc(F)cc1. The van der Waals surface area contributed by atoms with Crippen molar-refractivity contribution >= 4 is 29.4 Å². The first-order chi connectivity index (χ1) is 16.8. The highest BCUT2D eigenvalue weighted by Gasteiger charge is 2.33. The lowest BCUT2D eigenvalue weighted by molar-refractivity contribution is -0.307. The molecule has 1 aliphatic heterocycles. The normalized spacial score (nSPS) is 15.4. The number of rotatable bonds is 7. The highest BCUT2D eigenvalue weighted by molar-refractivity contribution is 7.07. The molecule has 0 unspecified atom stereocenters. The molecule has 0 N–H and O–H groups in total. The first kappa shape index (κ1) is 24.1. The van der Waals surface area contributed by atoms with Gasteiger partial charge in [-0.05, 0) is 55.3 Å². The lowest BCUT2D eigenvalue weighted by Gasteiger charge is -2.24. The number of carboxylic acid groups (broad SMARTS) is 1. The van der Waals surface area contributed by atoms with Crippen molar-refractivity contribution in [2.45, 2.75) is 19.9 Å². The Bertz CT molecular complexity index is 1490. The van der Waals surface area contributed by atoms with E-state index in [1.807, 2.05) is 0 Å². The van der Waals surface area contributed by atoms with E-state index in [-0.39, 0.29) is 17.7 Å². The van der Waals surface area contributed by atoms with E-state index in [1.165, 1.54) is 28.8 Å². The number of thiazole rings is 1. The van der Waals surface area contributed by atoms with E-state index in [4.69, 9.17) is 9.47 Å². The fourth-order valence-corrected chi connectivity index (χ4v) is 4.75. The molecule has 8 nitrogen and oxygen atoms in total. The Balaban J connectivity index is 1.81. The molecule has 1 atom stereocenters. The summed E-state index contributed by atoms with van der Waals surface area (Å²) in [6.45, 7) is 2.94. The lowest BCUT2D eigenvalue weighted by Crippen LogP contribution is -2.39. The molecule has 0 saturated carbocycles. The number of aromatic nitrogens is 1. The molecule has 0 radical (unpaired) electrons. The number of hydrogen-bond acceptors (Lipinski definition) is 8. The number of nitrogens with zero attached hydrogens (tertiary/aromatic N) is 2. The van der Waals surface area contributed by atoms with Crippen LogP contribution in [0.1, 0.15) is 31.0 Å². The number of aliphatic carboxylic acids is 1. The van der Waals surface area contributed by atoms with E-state index < -0.39 is 30.4 Å². The van der Waals surface area contributed by atoms with Crippen LogP contribution in [0.3, 0.4) is 0 Å². The van der Waals surface area contributed by atoms with Crippen molar-refractivity contribution in [3.63, 3.8) is 0 Å². The van der Waals surface area contributed by atoms with Crippen LogP contribution in [0.4, 0.5) is 4.39 Å². The summed E-state index contributed by atoms with van der Waals surface area (Å²) in [5.74, 6) is -2.02. The fraction of sp³-hybridized carbons (Fsp3) is 0.200. The maximum atomic E-state index is 13.6. The number of hydrogen-bond donors (Lipinski definition) is 0. The minimum atomic E-state index is -1.33. The molecule has 0 bridgehead atoms. The van der Waals surface area contributed by atoms with E-state index in [0.717, 1.165) is 11.3 Å². The second-order valence-corrected chi connectivity index (χ2v) is 8.59. The molecule has 0 spiro atoms. The zero-order valence-corrected chi connectivity index (χ0v) is 19.6. The van der Waals surface area contributed by atoms with Gasteiger partial charge in [-0.2, -0.15) is 0 Å². The molecular weight excluding hydrogens is 475 g/mol. The van der Waals surface area contributed by atoms with Crippen molar-refractivity contribution in [1.82, 2.24) is 4.57 Å². The van der Waals surface area contributed by atoms with Crippen LogP contribution < -0.4 is 24.7 Å². The Morgan fingerprint density at radius 2 is 1.86 bits per heavy atom. The van der Waals surface area contributed by atoms with Gasteiger partial charge in [0, 0.05) is 0 Å². The topological polar surface area (TPSA) is 110 Å². The molecule has 0 amide bonds. The van der Waals surface area contributed by atoms with Crippen LogP contribution in [0, 0.1) is 5.82 Å². The van der Waals surface area contributed by atoms with Gasteiger partial charge in [0.05, 0.1) is 34.4 Å². The average molecular weight is 496 g/mol. The van der Waals surface area contributed by atoms with Crippen molar-refractivity contribution in [2.75, 3.05) is 13.2 Å². The maximum absolute atomic E-state index is 13.6. The van der Waals surface area contributed by atoms with Crippen molar-refractivity contribution < 1.29 is 28.6 Å². The Labute approximate surface area is 202 Å². The number of fused-ring (bicyclic) bond motifs is 1. The van der Waals surface area contributed by atoms with Crippen molar-refractivity contribution in [3.05, 3.63) is 96.4 Å². The zero-order valence-electron chi connectivity index (χ0n) is 18.8. The van der Waals surface area contributed by atoms with E-state index in [0.29, 0.717) is 31.9 Å². The summed E-state index contributed by atoms with van der Waals surface area (Å²) in [4.78, 5) is 41.7. The van der Waals surface area contributed by atoms with Gasteiger partial charge in [-0.25, -0.2) is 14.2 Å². The Hall–Kier alpha value is -4.05. The van der Waals surface area contributed by atoms with Gasteiger partial charge in [0.1, 0.15) is 18.2 Å². The minimum Gasteiger partial charge on any atom is -0.546 e. The van der Waals surface area contributed by atoms with E-state index in [1.54, 1.807) is 44.2 Å². The predicted octanol–water partition coefficient (Wildman–Crippen LogP) is 1.07. The molecule has 3 aromatic rings. The number of carbonyl (C=O) groups is 2. The standard InChI is InChI=1S/C25H21FN2O6S/c1-3-33-24(32)21-14(2)27-25-28(22(21)16-6-8-17(26)9-7-16)23(31)19(35-25)12-15-4-10-18(11-5-15)34-13-20(29)30/h4-12,22H,3,13H2,1-2H3,(H,29,30)/p-1/b19-12+/t22-/m0/s1. The minimum absolute atomic E-state index is 0.152. The van der Waals surface area contributed by atoms with Crippen LogP contribution in [-0.2, 0) is 14.3 Å². The quantitative estimate of drug-likeness (QED) is 0.454. The van der Waals surface area contributed by atoms with Gasteiger partial charge in [0.2, 0.25) is 0 Å². The smallest absolute Gasteiger partial charge is 0.338 e. The third-order valence-electron chi connectivity index (χ3n) is 5.24. The number of benzene rings is 2. The molecule has 0 aliphatic carbocycles. The number of carboxylic acids is 1. The molecule has 0 saturated heterocycles. The van der Waals surface area contributed by atoms with Gasteiger partial charge < -0.3 is 19.4 Å². The van der Waals surface area contributed by atoms with Gasteiger partial charge in [0.15, 0.2) is 4.80 Å². The molecule has 35 heavy (non-hydrogen) atoms. The second kappa shape index (κ2) is 10.1. The lowest BCUT2D eigenvalue weighted by atomic mass is 9.96. The molecule has 4 rings (SSSR count). The number of allylic oxidation sites excluding steroid dienone is 1. The van der Waals surface area contributed by atoms with Gasteiger partial charge in [0.25, 0.3) is 5.56 Å². The predicted molar refractivity (Wildman–Crippen MR) is 124 cm³/mol. The summed E-state index contributed by atoms with van der Waals surface area (Å²) in [6, 6.07) is 11.3.